The van der Waals surface area contributed by atoms with E-state index in [1.807, 2.05) is 0 Å². The van der Waals surface area contributed by atoms with Gasteiger partial charge in [0.05, 0.1) is 12.5 Å². The van der Waals surface area contributed by atoms with Crippen LogP contribution < -0.4 is 10.6 Å². The van der Waals surface area contributed by atoms with E-state index in [1.165, 1.54) is 0 Å². The summed E-state index contributed by atoms with van der Waals surface area (Å²) in [6.07, 6.45) is 1.78. The van der Waals surface area contributed by atoms with E-state index in [4.69, 9.17) is 9.63 Å². The van der Waals surface area contributed by atoms with Crippen molar-refractivity contribution in [2.24, 2.45) is 0 Å². The summed E-state index contributed by atoms with van der Waals surface area (Å²) >= 11 is 0. The standard InChI is InChI=1S/C11H16N4O4/c1-6(5-8(16)17)13-10(18)9-14-11(19-15-9)7-3-2-4-12-7/h6-7,12H,2-5H2,1H3,(H,13,18)(H,16,17). The quantitative estimate of drug-likeness (QED) is 0.692. The van der Waals surface area contributed by atoms with E-state index in [1.54, 1.807) is 6.92 Å². The van der Waals surface area contributed by atoms with E-state index >= 15 is 0 Å². The summed E-state index contributed by atoms with van der Waals surface area (Å²) in [7, 11) is 0. The minimum Gasteiger partial charge on any atom is -0.481 e. The van der Waals surface area contributed by atoms with E-state index in [2.05, 4.69) is 20.8 Å². The van der Waals surface area contributed by atoms with E-state index in [0.29, 0.717) is 5.89 Å². The lowest BCUT2D eigenvalue weighted by Gasteiger charge is -2.08. The van der Waals surface area contributed by atoms with E-state index in [0.717, 1.165) is 19.4 Å². The Hall–Kier alpha value is -1.96. The van der Waals surface area contributed by atoms with Crippen LogP contribution in [-0.4, -0.2) is 39.7 Å². The SMILES string of the molecule is CC(CC(=O)O)NC(=O)c1noc(C2CCCN2)n1. The monoisotopic (exact) mass is 268 g/mol. The van der Waals surface area contributed by atoms with Gasteiger partial charge < -0.3 is 20.3 Å². The number of nitrogens with zero attached hydrogens (tertiary/aromatic N) is 2. The van der Waals surface area contributed by atoms with Crippen molar-refractivity contribution in [3.8, 4) is 0 Å². The minimum absolute atomic E-state index is 0.00509. The number of carbonyl (C=O) groups excluding carboxylic acids is 1. The molecule has 0 aromatic carbocycles. The Morgan fingerprint density at radius 1 is 1.63 bits per heavy atom. The fraction of sp³-hybridized carbons (Fsp3) is 0.636. The maximum Gasteiger partial charge on any atom is 0.305 e. The lowest BCUT2D eigenvalue weighted by atomic mass is 10.2. The van der Waals surface area contributed by atoms with Crippen LogP contribution in [0.5, 0.6) is 0 Å². The summed E-state index contributed by atoms with van der Waals surface area (Å²) in [6.45, 7) is 2.50. The highest BCUT2D eigenvalue weighted by atomic mass is 16.5. The smallest absolute Gasteiger partial charge is 0.305 e. The molecule has 1 amide bonds. The van der Waals surface area contributed by atoms with Gasteiger partial charge in [0.1, 0.15) is 0 Å². The first-order valence-corrected chi connectivity index (χ1v) is 6.16. The van der Waals surface area contributed by atoms with Gasteiger partial charge >= 0.3 is 5.97 Å². The number of rotatable bonds is 5. The highest BCUT2D eigenvalue weighted by molar-refractivity contribution is 5.90. The van der Waals surface area contributed by atoms with Gasteiger partial charge in [0.15, 0.2) is 0 Å². The number of carboxylic acids is 1. The lowest BCUT2D eigenvalue weighted by Crippen LogP contribution is -2.34. The number of aromatic nitrogens is 2. The highest BCUT2D eigenvalue weighted by Crippen LogP contribution is 2.20. The summed E-state index contributed by atoms with van der Waals surface area (Å²) in [4.78, 5) is 26.3. The zero-order chi connectivity index (χ0) is 13.8. The number of hydrogen-bond donors (Lipinski definition) is 3. The van der Waals surface area contributed by atoms with Crippen molar-refractivity contribution >= 4 is 11.9 Å². The lowest BCUT2D eigenvalue weighted by molar-refractivity contribution is -0.137. The molecule has 2 rings (SSSR count). The van der Waals surface area contributed by atoms with Gasteiger partial charge in [-0.15, -0.1) is 0 Å². The number of nitrogens with one attached hydrogen (secondary N) is 2. The molecule has 8 nitrogen and oxygen atoms in total. The van der Waals surface area contributed by atoms with Crippen molar-refractivity contribution in [2.45, 2.75) is 38.3 Å². The Bertz CT molecular complexity index is 467. The number of hydrogen-bond acceptors (Lipinski definition) is 6. The van der Waals surface area contributed by atoms with Crippen LogP contribution in [0.15, 0.2) is 4.52 Å². The van der Waals surface area contributed by atoms with Crippen molar-refractivity contribution in [3.05, 3.63) is 11.7 Å². The Morgan fingerprint density at radius 3 is 3.05 bits per heavy atom. The molecule has 2 unspecified atom stereocenters. The molecule has 1 aliphatic rings. The Kier molecular flexibility index (Phi) is 4.10. The Labute approximate surface area is 109 Å². The number of carboxylic acid groups (broad SMARTS) is 1. The van der Waals surface area contributed by atoms with Crippen LogP contribution in [0.1, 0.15) is 48.7 Å². The van der Waals surface area contributed by atoms with Gasteiger partial charge in [-0.3, -0.25) is 9.59 Å². The van der Waals surface area contributed by atoms with Crippen LogP contribution in [0.4, 0.5) is 0 Å². The first-order valence-electron chi connectivity index (χ1n) is 6.16. The average Bonchev–Trinajstić information content (AvgIpc) is 2.99. The number of amides is 1. The predicted octanol–water partition coefficient (Wildman–Crippen LogP) is 0.0871. The molecular formula is C11H16N4O4. The topological polar surface area (TPSA) is 117 Å². The first-order chi connectivity index (χ1) is 9.06. The van der Waals surface area contributed by atoms with Crippen LogP contribution in [0.3, 0.4) is 0 Å². The molecule has 104 valence electrons. The van der Waals surface area contributed by atoms with Gasteiger partial charge in [-0.25, -0.2) is 0 Å². The molecule has 2 atom stereocenters. The van der Waals surface area contributed by atoms with E-state index < -0.39 is 17.9 Å². The zero-order valence-corrected chi connectivity index (χ0v) is 10.5. The molecule has 2 heterocycles. The second-order valence-electron chi connectivity index (χ2n) is 4.58. The Balaban J connectivity index is 1.94. The molecular weight excluding hydrogens is 252 g/mol. The van der Waals surface area contributed by atoms with Crippen molar-refractivity contribution in [1.29, 1.82) is 0 Å². The molecule has 1 aliphatic heterocycles. The molecule has 0 spiro atoms. The summed E-state index contributed by atoms with van der Waals surface area (Å²) < 4.78 is 5.03. The molecule has 1 fully saturated rings. The number of aliphatic carboxylic acids is 1. The normalized spacial score (nSPS) is 20.2. The molecule has 1 saturated heterocycles. The maximum absolute atomic E-state index is 11.8. The first kappa shape index (κ1) is 13.5. The second-order valence-corrected chi connectivity index (χ2v) is 4.58. The van der Waals surface area contributed by atoms with Crippen LogP contribution in [-0.2, 0) is 4.79 Å². The third-order valence-corrected chi connectivity index (χ3v) is 2.86. The molecule has 1 aromatic rings. The summed E-state index contributed by atoms with van der Waals surface area (Å²) in [6, 6.07) is -0.484. The molecule has 0 radical (unpaired) electrons. The van der Waals surface area contributed by atoms with Crippen molar-refractivity contribution < 1.29 is 19.2 Å². The molecule has 19 heavy (non-hydrogen) atoms. The molecule has 0 aliphatic carbocycles. The molecule has 0 bridgehead atoms. The largest absolute Gasteiger partial charge is 0.481 e. The Morgan fingerprint density at radius 2 is 2.42 bits per heavy atom. The van der Waals surface area contributed by atoms with Gasteiger partial charge in [0.25, 0.3) is 11.7 Å². The fourth-order valence-corrected chi connectivity index (χ4v) is 1.97. The molecule has 1 aromatic heterocycles. The highest BCUT2D eigenvalue weighted by Gasteiger charge is 2.24. The van der Waals surface area contributed by atoms with Crippen LogP contribution >= 0.6 is 0 Å². The molecule has 3 N–H and O–H groups in total. The van der Waals surface area contributed by atoms with Gasteiger partial charge in [-0.05, 0) is 26.3 Å². The molecule has 0 saturated carbocycles. The number of carbonyl (C=O) groups is 2. The van der Waals surface area contributed by atoms with Crippen molar-refractivity contribution in [1.82, 2.24) is 20.8 Å². The maximum atomic E-state index is 11.8. The fourth-order valence-electron chi connectivity index (χ4n) is 1.97. The second kappa shape index (κ2) is 5.79. The van der Waals surface area contributed by atoms with Crippen molar-refractivity contribution in [3.63, 3.8) is 0 Å². The zero-order valence-electron chi connectivity index (χ0n) is 10.5. The summed E-state index contributed by atoms with van der Waals surface area (Å²) in [5, 5.41) is 17.9. The van der Waals surface area contributed by atoms with Crippen LogP contribution in [0.25, 0.3) is 0 Å². The van der Waals surface area contributed by atoms with Gasteiger partial charge in [0.2, 0.25) is 5.89 Å². The van der Waals surface area contributed by atoms with E-state index in [9.17, 15) is 9.59 Å². The summed E-state index contributed by atoms with van der Waals surface area (Å²) in [5.41, 5.74) is 0. The average molecular weight is 268 g/mol. The van der Waals surface area contributed by atoms with Crippen LogP contribution in [0, 0.1) is 0 Å². The summed E-state index contributed by atoms with van der Waals surface area (Å²) in [5.74, 6) is -1.17. The minimum atomic E-state index is -0.975. The van der Waals surface area contributed by atoms with Crippen molar-refractivity contribution in [2.75, 3.05) is 6.54 Å². The molecule has 8 heteroatoms. The van der Waals surface area contributed by atoms with Gasteiger partial charge in [-0.2, -0.15) is 4.98 Å². The van der Waals surface area contributed by atoms with E-state index in [-0.39, 0.29) is 18.3 Å². The predicted molar refractivity (Wildman–Crippen MR) is 63.5 cm³/mol. The van der Waals surface area contributed by atoms with Gasteiger partial charge in [-0.1, -0.05) is 5.16 Å². The van der Waals surface area contributed by atoms with Gasteiger partial charge in [0, 0.05) is 6.04 Å². The third-order valence-electron chi connectivity index (χ3n) is 2.86. The van der Waals surface area contributed by atoms with Crippen LogP contribution in [0.2, 0.25) is 0 Å². The third kappa shape index (κ3) is 3.50.